The predicted molar refractivity (Wildman–Crippen MR) is 88.6 cm³/mol. The summed E-state index contributed by atoms with van der Waals surface area (Å²) < 4.78 is 51.3. The van der Waals surface area contributed by atoms with Gasteiger partial charge in [-0.1, -0.05) is 6.07 Å². The highest BCUT2D eigenvalue weighted by Crippen LogP contribution is 2.47. The zero-order chi connectivity index (χ0) is 17.2. The molecule has 0 aromatic heterocycles. The van der Waals surface area contributed by atoms with Crippen LogP contribution in [-0.4, -0.2) is 28.7 Å². The molecule has 2 saturated carbocycles. The molecule has 0 atom stereocenters. The molecular formula is C17H22FNO4S. The lowest BCUT2D eigenvalue weighted by atomic mass is 10.1. The Bertz CT molecular complexity index is 724. The van der Waals surface area contributed by atoms with E-state index >= 15 is 0 Å². The van der Waals surface area contributed by atoms with Gasteiger partial charge in [0.2, 0.25) is 10.0 Å². The van der Waals surface area contributed by atoms with E-state index in [0.717, 1.165) is 23.8 Å². The van der Waals surface area contributed by atoms with E-state index in [1.807, 2.05) is 0 Å². The van der Waals surface area contributed by atoms with Crippen molar-refractivity contribution in [2.75, 3.05) is 20.3 Å². The van der Waals surface area contributed by atoms with Gasteiger partial charge in [-0.3, -0.25) is 0 Å². The Morgan fingerprint density at radius 3 is 2.75 bits per heavy atom. The summed E-state index contributed by atoms with van der Waals surface area (Å²) in [5.41, 5.74) is 0.0696. The Morgan fingerprint density at radius 1 is 1.38 bits per heavy atom. The van der Waals surface area contributed by atoms with Gasteiger partial charge in [-0.2, -0.15) is 0 Å². The van der Waals surface area contributed by atoms with Crippen LogP contribution in [0.25, 0.3) is 0 Å². The maximum absolute atomic E-state index is 13.9. The van der Waals surface area contributed by atoms with E-state index in [2.05, 4.69) is 4.72 Å². The molecule has 1 N–H and O–H groups in total. The van der Waals surface area contributed by atoms with Crippen molar-refractivity contribution in [1.29, 1.82) is 0 Å². The van der Waals surface area contributed by atoms with Gasteiger partial charge in [0.1, 0.15) is 0 Å². The third-order valence-corrected chi connectivity index (χ3v) is 5.51. The van der Waals surface area contributed by atoms with Crippen molar-refractivity contribution in [1.82, 2.24) is 4.72 Å². The zero-order valence-electron chi connectivity index (χ0n) is 13.6. The molecule has 0 spiro atoms. The lowest BCUT2D eigenvalue weighted by Gasteiger charge is -2.18. The molecule has 0 heterocycles. The number of rotatable bonds is 9. The van der Waals surface area contributed by atoms with Crippen LogP contribution in [0.5, 0.6) is 5.75 Å². The highest BCUT2D eigenvalue weighted by atomic mass is 32.2. The van der Waals surface area contributed by atoms with Crippen molar-refractivity contribution >= 4 is 10.0 Å². The first-order chi connectivity index (χ1) is 11.4. The average Bonchev–Trinajstić information content (AvgIpc) is 3.42. The van der Waals surface area contributed by atoms with Gasteiger partial charge in [0.15, 0.2) is 11.6 Å². The zero-order valence-corrected chi connectivity index (χ0v) is 14.4. The maximum Gasteiger partial charge on any atom is 0.234 e. The molecule has 0 amide bonds. The molecule has 0 saturated heterocycles. The summed E-state index contributed by atoms with van der Waals surface area (Å²) in [6.45, 7) is 0.739. The monoisotopic (exact) mass is 355 g/mol. The maximum atomic E-state index is 13.9. The number of ether oxygens (including phenoxy) is 2. The van der Waals surface area contributed by atoms with Gasteiger partial charge < -0.3 is 9.47 Å². The van der Waals surface area contributed by atoms with Crippen LogP contribution in [0.15, 0.2) is 29.7 Å². The van der Waals surface area contributed by atoms with E-state index in [0.29, 0.717) is 25.4 Å². The lowest BCUT2D eigenvalue weighted by molar-refractivity contribution is 0.234. The van der Waals surface area contributed by atoms with Crippen LogP contribution < -0.4 is 9.46 Å². The highest BCUT2D eigenvalue weighted by Gasteiger charge is 2.47. The first-order valence-electron chi connectivity index (χ1n) is 8.06. The van der Waals surface area contributed by atoms with E-state index in [4.69, 9.17) is 9.47 Å². The first kappa shape index (κ1) is 17.4. The number of hydrogen-bond acceptors (Lipinski definition) is 4. The summed E-state index contributed by atoms with van der Waals surface area (Å²) in [4.78, 5) is 0. The van der Waals surface area contributed by atoms with Crippen molar-refractivity contribution in [3.05, 3.63) is 41.1 Å². The molecule has 2 fully saturated rings. The van der Waals surface area contributed by atoms with Gasteiger partial charge in [-0.15, -0.1) is 0 Å². The molecule has 1 aromatic carbocycles. The number of methoxy groups -OCH3 is 1. The van der Waals surface area contributed by atoms with Gasteiger partial charge in [0, 0.05) is 12.5 Å². The van der Waals surface area contributed by atoms with E-state index in [1.54, 1.807) is 12.1 Å². The highest BCUT2D eigenvalue weighted by molar-refractivity contribution is 7.92. The molecule has 132 valence electrons. The minimum Gasteiger partial charge on any atom is -0.490 e. The lowest BCUT2D eigenvalue weighted by Crippen LogP contribution is -2.33. The largest absolute Gasteiger partial charge is 0.490 e. The Hall–Kier alpha value is -1.44. The third kappa shape index (κ3) is 4.34. The van der Waals surface area contributed by atoms with Crippen LogP contribution in [0.1, 0.15) is 31.2 Å². The van der Waals surface area contributed by atoms with E-state index in [-0.39, 0.29) is 12.4 Å². The Balaban J connectivity index is 1.73. The van der Waals surface area contributed by atoms with Gasteiger partial charge in [-0.25, -0.2) is 17.5 Å². The number of benzene rings is 1. The quantitative estimate of drug-likeness (QED) is 0.740. The minimum absolute atomic E-state index is 0.194. The summed E-state index contributed by atoms with van der Waals surface area (Å²) >= 11 is 0. The molecule has 0 bridgehead atoms. The fraction of sp³-hybridized carbons (Fsp3) is 0.529. The second-order valence-corrected chi connectivity index (χ2v) is 8.02. The van der Waals surface area contributed by atoms with E-state index in [9.17, 15) is 12.8 Å². The average molecular weight is 355 g/mol. The second-order valence-electron chi connectivity index (χ2n) is 6.46. The number of nitrogens with one attached hydrogen (secondary N) is 1. The summed E-state index contributed by atoms with van der Waals surface area (Å²) in [7, 11) is -2.09. The smallest absolute Gasteiger partial charge is 0.234 e. The topological polar surface area (TPSA) is 64.6 Å². The molecule has 2 aliphatic carbocycles. The fourth-order valence-electron chi connectivity index (χ4n) is 2.55. The first-order valence-corrected chi connectivity index (χ1v) is 9.61. The third-order valence-electron chi connectivity index (χ3n) is 4.28. The van der Waals surface area contributed by atoms with Crippen LogP contribution in [0, 0.1) is 11.7 Å². The molecule has 1 aromatic rings. The molecule has 0 radical (unpaired) electrons. The Labute approximate surface area is 141 Å². The van der Waals surface area contributed by atoms with Crippen LogP contribution >= 0.6 is 0 Å². The van der Waals surface area contributed by atoms with Crippen LogP contribution in [-0.2, 0) is 20.3 Å². The standard InChI is InChI=1S/C17H22FNO4S/c1-22-9-2-10-24(20,21)19-17(7-8-17)14-5-6-15(18)16(11-14)23-12-13-3-4-13/h2,5-6,10-11,13,19H,3-4,7-9,12H2,1H3/b10-2+. The van der Waals surface area contributed by atoms with Gasteiger partial charge in [0.05, 0.1) is 18.8 Å². The number of halogens is 1. The van der Waals surface area contributed by atoms with Gasteiger partial charge in [0.25, 0.3) is 0 Å². The van der Waals surface area contributed by atoms with Gasteiger partial charge >= 0.3 is 0 Å². The van der Waals surface area contributed by atoms with Gasteiger partial charge in [-0.05, 0) is 55.4 Å². The van der Waals surface area contributed by atoms with Crippen molar-refractivity contribution in [2.24, 2.45) is 5.92 Å². The summed E-state index contributed by atoms with van der Waals surface area (Å²) in [6, 6.07) is 4.58. The summed E-state index contributed by atoms with van der Waals surface area (Å²) in [5, 5.41) is 1.10. The molecule has 0 aliphatic heterocycles. The molecule has 0 unspecified atom stereocenters. The fourth-order valence-corrected chi connectivity index (χ4v) is 3.81. The predicted octanol–water partition coefficient (Wildman–Crippen LogP) is 2.68. The molecule has 2 aliphatic rings. The molecule has 5 nitrogen and oxygen atoms in total. The molecular weight excluding hydrogens is 333 g/mol. The van der Waals surface area contributed by atoms with Crippen LogP contribution in [0.2, 0.25) is 0 Å². The second kappa shape index (κ2) is 6.82. The van der Waals surface area contributed by atoms with Crippen LogP contribution in [0.3, 0.4) is 0 Å². The van der Waals surface area contributed by atoms with E-state index in [1.165, 1.54) is 19.3 Å². The molecule has 3 rings (SSSR count). The molecule has 24 heavy (non-hydrogen) atoms. The Kier molecular flexibility index (Phi) is 4.94. The number of hydrogen-bond donors (Lipinski definition) is 1. The van der Waals surface area contributed by atoms with Crippen molar-refractivity contribution in [3.63, 3.8) is 0 Å². The van der Waals surface area contributed by atoms with Crippen molar-refractivity contribution < 1.29 is 22.3 Å². The Morgan fingerprint density at radius 2 is 2.12 bits per heavy atom. The van der Waals surface area contributed by atoms with E-state index < -0.39 is 21.4 Å². The molecule has 7 heteroatoms. The minimum atomic E-state index is -3.58. The van der Waals surface area contributed by atoms with Crippen molar-refractivity contribution in [3.8, 4) is 5.75 Å². The van der Waals surface area contributed by atoms with Crippen molar-refractivity contribution in [2.45, 2.75) is 31.2 Å². The summed E-state index contributed by atoms with van der Waals surface area (Å²) in [6.07, 6.45) is 5.04. The number of sulfonamides is 1. The van der Waals surface area contributed by atoms with Crippen LogP contribution in [0.4, 0.5) is 4.39 Å². The SMILES string of the molecule is COC/C=C/S(=O)(=O)NC1(c2ccc(F)c(OCC3CC3)c2)CC1. The normalized spacial score (nSPS) is 19.6. The summed E-state index contributed by atoms with van der Waals surface area (Å²) in [5.74, 6) is 0.296.